The number of nitrogen functional groups attached to an aromatic ring is 1. The molecule has 1 atom stereocenters. The van der Waals surface area contributed by atoms with Crippen molar-refractivity contribution in [2.24, 2.45) is 0 Å². The van der Waals surface area contributed by atoms with Crippen molar-refractivity contribution in [3.8, 4) is 11.3 Å². The Morgan fingerprint density at radius 2 is 1.80 bits per heavy atom. The molecule has 45 heavy (non-hydrogen) atoms. The van der Waals surface area contributed by atoms with Gasteiger partial charge in [-0.15, -0.1) is 0 Å². The molecule has 2 amide bonds. The van der Waals surface area contributed by atoms with Gasteiger partial charge in [-0.1, -0.05) is 42.5 Å². The molecule has 1 aliphatic heterocycles. The zero-order chi connectivity index (χ0) is 31.6. The first-order valence-corrected chi connectivity index (χ1v) is 14.2. The van der Waals surface area contributed by atoms with Crippen molar-refractivity contribution in [3.63, 3.8) is 0 Å². The van der Waals surface area contributed by atoms with Gasteiger partial charge in [-0.2, -0.15) is 13.2 Å². The SMILES string of the molecule is Nc1nccn2c([C@@H]3CCCN(C(=O)OCc4ccccc4)C3)nc(-c3ccc(C(=O)Nc4cc(C(F)(F)F)ccn4)cc3)c12. The first-order valence-electron chi connectivity index (χ1n) is 14.2. The monoisotopic (exact) mass is 615 g/mol. The van der Waals surface area contributed by atoms with Crippen LogP contribution >= 0.6 is 0 Å². The van der Waals surface area contributed by atoms with Crippen molar-refractivity contribution in [1.82, 2.24) is 24.3 Å². The summed E-state index contributed by atoms with van der Waals surface area (Å²) in [4.78, 5) is 40.4. The van der Waals surface area contributed by atoms with Gasteiger partial charge in [-0.3, -0.25) is 9.20 Å². The summed E-state index contributed by atoms with van der Waals surface area (Å²) in [5, 5.41) is 2.41. The number of benzene rings is 2. The summed E-state index contributed by atoms with van der Waals surface area (Å²) in [5.41, 5.74) is 8.30. The van der Waals surface area contributed by atoms with Crippen molar-refractivity contribution in [3.05, 3.63) is 108 Å². The Labute approximate surface area is 255 Å². The Bertz CT molecular complexity index is 1840. The third kappa shape index (κ3) is 6.42. The van der Waals surface area contributed by atoms with E-state index in [4.69, 9.17) is 15.5 Å². The van der Waals surface area contributed by atoms with Crippen LogP contribution in [-0.4, -0.2) is 49.3 Å². The van der Waals surface area contributed by atoms with Gasteiger partial charge in [-0.25, -0.2) is 19.7 Å². The lowest BCUT2D eigenvalue weighted by atomic mass is 9.97. The predicted molar refractivity (Wildman–Crippen MR) is 160 cm³/mol. The molecule has 10 nitrogen and oxygen atoms in total. The highest BCUT2D eigenvalue weighted by Crippen LogP contribution is 2.34. The highest BCUT2D eigenvalue weighted by molar-refractivity contribution is 6.04. The van der Waals surface area contributed by atoms with Crippen LogP contribution in [0, 0.1) is 0 Å². The number of carbonyl (C=O) groups excluding carboxylic acids is 2. The number of rotatable bonds is 6. The zero-order valence-corrected chi connectivity index (χ0v) is 23.9. The van der Waals surface area contributed by atoms with E-state index in [0.29, 0.717) is 35.7 Å². The minimum atomic E-state index is -4.56. The predicted octanol–water partition coefficient (Wildman–Crippen LogP) is 6.16. The number of fused-ring (bicyclic) bond motifs is 1. The van der Waals surface area contributed by atoms with Crippen molar-refractivity contribution in [2.45, 2.75) is 31.5 Å². The van der Waals surface area contributed by atoms with Gasteiger partial charge in [0.2, 0.25) is 0 Å². The highest BCUT2D eigenvalue weighted by atomic mass is 19.4. The molecule has 3 N–H and O–H groups in total. The van der Waals surface area contributed by atoms with Crippen molar-refractivity contribution in [1.29, 1.82) is 0 Å². The second-order valence-electron chi connectivity index (χ2n) is 10.6. The Kier molecular flexibility index (Phi) is 8.07. The highest BCUT2D eigenvalue weighted by Gasteiger charge is 2.32. The number of imidazole rings is 1. The third-order valence-corrected chi connectivity index (χ3v) is 7.61. The topological polar surface area (TPSA) is 128 Å². The van der Waals surface area contributed by atoms with Crippen molar-refractivity contribution in [2.75, 3.05) is 24.1 Å². The molecule has 2 aromatic carbocycles. The molecule has 1 fully saturated rings. The molecule has 0 unspecified atom stereocenters. The van der Waals surface area contributed by atoms with Gasteiger partial charge in [0.15, 0.2) is 0 Å². The number of anilines is 2. The standard InChI is InChI=1S/C32H28F3N7O3/c33-32(34,35)24-12-13-37-25(17-24)39-30(43)22-10-8-21(9-11-22)26-27-28(36)38-14-16-42(27)29(40-26)23-7-4-15-41(18-23)31(44)45-19-20-5-2-1-3-6-20/h1-3,5-6,8-14,16-17,23H,4,7,15,18-19H2,(H2,36,38)(H,37,39,43)/t23-/m1/s1. The van der Waals surface area contributed by atoms with Gasteiger partial charge in [0, 0.05) is 48.7 Å². The van der Waals surface area contributed by atoms with Crippen molar-refractivity contribution < 1.29 is 27.5 Å². The number of aromatic nitrogens is 4. The molecule has 13 heteroatoms. The average molecular weight is 616 g/mol. The fourth-order valence-corrected chi connectivity index (χ4v) is 5.38. The van der Waals surface area contributed by atoms with Gasteiger partial charge >= 0.3 is 12.3 Å². The smallest absolute Gasteiger partial charge is 0.416 e. The Balaban J connectivity index is 1.21. The number of nitrogens with two attached hydrogens (primary N) is 1. The molecular weight excluding hydrogens is 587 g/mol. The van der Waals surface area contributed by atoms with Crippen molar-refractivity contribution >= 4 is 29.2 Å². The quantitative estimate of drug-likeness (QED) is 0.234. The molecular formula is C32H28F3N7O3. The van der Waals surface area contributed by atoms with Crippen LogP contribution in [0.5, 0.6) is 0 Å². The molecule has 0 spiro atoms. The van der Waals surface area contributed by atoms with E-state index < -0.39 is 17.6 Å². The van der Waals surface area contributed by atoms with Gasteiger partial charge in [0.05, 0.1) is 5.56 Å². The number of halogens is 3. The number of carbonyl (C=O) groups is 2. The summed E-state index contributed by atoms with van der Waals surface area (Å²) >= 11 is 0. The van der Waals surface area contributed by atoms with Gasteiger partial charge in [0.1, 0.15) is 35.3 Å². The Hall–Kier alpha value is -5.46. The van der Waals surface area contributed by atoms with Crippen LogP contribution in [0.25, 0.3) is 16.8 Å². The molecule has 1 saturated heterocycles. The van der Waals surface area contributed by atoms with E-state index in [0.717, 1.165) is 36.7 Å². The van der Waals surface area contributed by atoms with E-state index in [1.807, 2.05) is 34.7 Å². The summed E-state index contributed by atoms with van der Waals surface area (Å²) in [6, 6.07) is 17.5. The van der Waals surface area contributed by atoms with Gasteiger partial charge in [-0.05, 0) is 42.7 Å². The number of piperidine rings is 1. The van der Waals surface area contributed by atoms with E-state index in [1.165, 1.54) is 0 Å². The Morgan fingerprint density at radius 3 is 2.56 bits per heavy atom. The van der Waals surface area contributed by atoms with Crippen LogP contribution in [0.4, 0.5) is 29.6 Å². The molecule has 0 radical (unpaired) electrons. The summed E-state index contributed by atoms with van der Waals surface area (Å²) < 4.78 is 46.6. The van der Waals surface area contributed by atoms with Gasteiger partial charge < -0.3 is 20.7 Å². The zero-order valence-electron chi connectivity index (χ0n) is 23.9. The minimum Gasteiger partial charge on any atom is -0.445 e. The van der Waals surface area contributed by atoms with Crippen LogP contribution in [0.1, 0.15) is 46.1 Å². The van der Waals surface area contributed by atoms with E-state index in [-0.39, 0.29) is 35.8 Å². The molecule has 3 aromatic heterocycles. The molecule has 230 valence electrons. The number of likely N-dealkylation sites (tertiary alicyclic amines) is 1. The number of nitrogens with one attached hydrogen (secondary N) is 1. The van der Waals surface area contributed by atoms with Crippen LogP contribution in [0.15, 0.2) is 85.3 Å². The number of pyridine rings is 1. The number of amides is 2. The Morgan fingerprint density at radius 1 is 1.02 bits per heavy atom. The maximum atomic E-state index is 13.1. The summed E-state index contributed by atoms with van der Waals surface area (Å²) in [6.07, 6.45) is 0.955. The van der Waals surface area contributed by atoms with Crippen LogP contribution in [-0.2, 0) is 17.5 Å². The summed E-state index contributed by atoms with van der Waals surface area (Å²) in [7, 11) is 0. The molecule has 1 aliphatic rings. The second-order valence-corrected chi connectivity index (χ2v) is 10.6. The minimum absolute atomic E-state index is 0.101. The molecule has 4 heterocycles. The molecule has 5 aromatic rings. The molecule has 0 saturated carbocycles. The molecule has 0 aliphatic carbocycles. The lowest BCUT2D eigenvalue weighted by Crippen LogP contribution is -2.39. The normalized spacial score (nSPS) is 15.2. The average Bonchev–Trinajstić information content (AvgIpc) is 3.45. The van der Waals surface area contributed by atoms with Crippen LogP contribution in [0.2, 0.25) is 0 Å². The van der Waals surface area contributed by atoms with Crippen LogP contribution < -0.4 is 11.1 Å². The lowest BCUT2D eigenvalue weighted by molar-refractivity contribution is -0.137. The number of hydrogen-bond acceptors (Lipinski definition) is 7. The fourth-order valence-electron chi connectivity index (χ4n) is 5.38. The van der Waals surface area contributed by atoms with Gasteiger partial charge in [0.25, 0.3) is 5.91 Å². The largest absolute Gasteiger partial charge is 0.445 e. The maximum absolute atomic E-state index is 13.1. The summed E-state index contributed by atoms with van der Waals surface area (Å²) in [6.45, 7) is 1.17. The second kappa shape index (κ2) is 12.3. The van der Waals surface area contributed by atoms with Crippen LogP contribution in [0.3, 0.4) is 0 Å². The number of hydrogen-bond donors (Lipinski definition) is 2. The van der Waals surface area contributed by atoms with E-state index >= 15 is 0 Å². The number of alkyl halides is 3. The fraction of sp³-hybridized carbons (Fsp3) is 0.219. The number of ether oxygens (including phenoxy) is 1. The van der Waals surface area contributed by atoms with E-state index in [1.54, 1.807) is 41.6 Å². The van der Waals surface area contributed by atoms with E-state index in [2.05, 4.69) is 15.3 Å². The lowest BCUT2D eigenvalue weighted by Gasteiger charge is -2.31. The third-order valence-electron chi connectivity index (χ3n) is 7.61. The summed E-state index contributed by atoms with van der Waals surface area (Å²) in [5.74, 6) is 0.0427. The molecule has 0 bridgehead atoms. The first kappa shape index (κ1) is 29.6. The first-order chi connectivity index (χ1) is 21.7. The maximum Gasteiger partial charge on any atom is 0.416 e. The molecule has 6 rings (SSSR count). The van der Waals surface area contributed by atoms with E-state index in [9.17, 15) is 22.8 Å². The number of nitrogens with zero attached hydrogens (tertiary/aromatic N) is 5.